The molecular weight excluding hydrogens is 246 g/mol. The largest absolute Gasteiger partial charge is 0.481 e. The van der Waals surface area contributed by atoms with Crippen LogP contribution in [0.15, 0.2) is 16.6 Å². The van der Waals surface area contributed by atoms with Crippen LogP contribution in [0.5, 0.6) is 0 Å². The van der Waals surface area contributed by atoms with Gasteiger partial charge in [-0.3, -0.25) is 4.79 Å². The van der Waals surface area contributed by atoms with Gasteiger partial charge in [0, 0.05) is 4.47 Å². The van der Waals surface area contributed by atoms with Crippen LogP contribution in [0.3, 0.4) is 0 Å². The van der Waals surface area contributed by atoms with Crippen LogP contribution in [0.2, 0.25) is 0 Å². The molecule has 0 bridgehead atoms. The number of rotatable bonds is 2. The fourth-order valence-corrected chi connectivity index (χ4v) is 1.64. The Labute approximate surface area is 90.1 Å². The van der Waals surface area contributed by atoms with Crippen molar-refractivity contribution in [3.8, 4) is 6.07 Å². The number of nitriles is 1. The summed E-state index contributed by atoms with van der Waals surface area (Å²) in [5.41, 5.74) is 2.08. The Bertz CT molecular complexity index is 421. The van der Waals surface area contributed by atoms with E-state index in [0.717, 1.165) is 11.1 Å². The maximum Gasteiger partial charge on any atom is 0.307 e. The van der Waals surface area contributed by atoms with Gasteiger partial charge >= 0.3 is 5.97 Å². The monoisotopic (exact) mass is 253 g/mol. The van der Waals surface area contributed by atoms with Crippen molar-refractivity contribution in [2.75, 3.05) is 0 Å². The third-order valence-corrected chi connectivity index (χ3v) is 2.54. The molecule has 1 rings (SSSR count). The van der Waals surface area contributed by atoms with Gasteiger partial charge in [-0.05, 0) is 46.1 Å². The minimum absolute atomic E-state index is 0.0177. The first-order valence-corrected chi connectivity index (χ1v) is 4.75. The highest BCUT2D eigenvalue weighted by atomic mass is 79.9. The van der Waals surface area contributed by atoms with Crippen LogP contribution >= 0.6 is 15.9 Å². The Kier molecular flexibility index (Phi) is 3.26. The summed E-state index contributed by atoms with van der Waals surface area (Å²) in [6.45, 7) is 1.80. The highest BCUT2D eigenvalue weighted by molar-refractivity contribution is 9.10. The third kappa shape index (κ3) is 2.33. The maximum absolute atomic E-state index is 10.5. The van der Waals surface area contributed by atoms with Crippen LogP contribution in [0.1, 0.15) is 16.7 Å². The summed E-state index contributed by atoms with van der Waals surface area (Å²) in [7, 11) is 0. The van der Waals surface area contributed by atoms with E-state index in [4.69, 9.17) is 10.4 Å². The Morgan fingerprint density at radius 1 is 1.64 bits per heavy atom. The van der Waals surface area contributed by atoms with E-state index >= 15 is 0 Å². The molecule has 0 aromatic heterocycles. The number of carboxylic acid groups (broad SMARTS) is 1. The number of aryl methyl sites for hydroxylation is 1. The first-order valence-electron chi connectivity index (χ1n) is 3.95. The molecule has 0 aliphatic carbocycles. The topological polar surface area (TPSA) is 61.1 Å². The second-order valence-corrected chi connectivity index (χ2v) is 3.80. The average Bonchev–Trinajstić information content (AvgIpc) is 2.10. The van der Waals surface area contributed by atoms with Gasteiger partial charge in [-0.15, -0.1) is 0 Å². The van der Waals surface area contributed by atoms with Crippen LogP contribution < -0.4 is 0 Å². The number of carboxylic acids is 1. The zero-order valence-electron chi connectivity index (χ0n) is 7.54. The van der Waals surface area contributed by atoms with Crippen molar-refractivity contribution in [2.24, 2.45) is 0 Å². The molecular formula is C10H8BrNO2. The summed E-state index contributed by atoms with van der Waals surface area (Å²) in [5, 5.41) is 17.3. The predicted molar refractivity (Wildman–Crippen MR) is 54.9 cm³/mol. The second-order valence-electron chi connectivity index (χ2n) is 2.94. The number of nitrogens with zero attached hydrogens (tertiary/aromatic N) is 1. The van der Waals surface area contributed by atoms with Gasteiger partial charge in [-0.1, -0.05) is 0 Å². The van der Waals surface area contributed by atoms with Crippen LogP contribution in [-0.2, 0) is 11.2 Å². The number of halogens is 1. The molecule has 0 unspecified atom stereocenters. The number of benzene rings is 1. The average molecular weight is 254 g/mol. The second kappa shape index (κ2) is 4.25. The lowest BCUT2D eigenvalue weighted by molar-refractivity contribution is -0.136. The molecule has 0 atom stereocenters. The quantitative estimate of drug-likeness (QED) is 0.880. The molecule has 0 saturated carbocycles. The molecule has 0 fully saturated rings. The standard InChI is InChI=1S/C10H8BrNO2/c1-6-2-8(5-12)9(11)3-7(6)4-10(13)14/h2-3H,4H2,1H3,(H,13,14). The SMILES string of the molecule is Cc1cc(C#N)c(Br)cc1CC(=O)O. The fourth-order valence-electron chi connectivity index (χ4n) is 1.16. The van der Waals surface area contributed by atoms with Gasteiger partial charge < -0.3 is 5.11 Å². The van der Waals surface area contributed by atoms with Crippen molar-refractivity contribution >= 4 is 21.9 Å². The Balaban J connectivity index is 3.16. The number of hydrogen-bond donors (Lipinski definition) is 1. The van der Waals surface area contributed by atoms with Crippen molar-refractivity contribution in [2.45, 2.75) is 13.3 Å². The Morgan fingerprint density at radius 2 is 2.29 bits per heavy atom. The van der Waals surface area contributed by atoms with E-state index in [1.54, 1.807) is 19.1 Å². The molecule has 72 valence electrons. The maximum atomic E-state index is 10.5. The van der Waals surface area contributed by atoms with Crippen LogP contribution in [0, 0.1) is 18.3 Å². The smallest absolute Gasteiger partial charge is 0.307 e. The lowest BCUT2D eigenvalue weighted by atomic mass is 10.0. The summed E-state index contributed by atoms with van der Waals surface area (Å²) >= 11 is 3.22. The lowest BCUT2D eigenvalue weighted by Crippen LogP contribution is -2.02. The van der Waals surface area contributed by atoms with Gasteiger partial charge in [0.15, 0.2) is 0 Å². The molecule has 0 aliphatic heterocycles. The van der Waals surface area contributed by atoms with Crippen molar-refractivity contribution in [3.63, 3.8) is 0 Å². The van der Waals surface area contributed by atoms with E-state index in [2.05, 4.69) is 15.9 Å². The van der Waals surface area contributed by atoms with Gasteiger partial charge in [0.2, 0.25) is 0 Å². The predicted octanol–water partition coefficient (Wildman–Crippen LogP) is 2.26. The van der Waals surface area contributed by atoms with Gasteiger partial charge in [0.05, 0.1) is 12.0 Å². The zero-order valence-corrected chi connectivity index (χ0v) is 9.13. The molecule has 3 nitrogen and oxygen atoms in total. The highest BCUT2D eigenvalue weighted by Crippen LogP contribution is 2.21. The first kappa shape index (κ1) is 10.7. The minimum Gasteiger partial charge on any atom is -0.481 e. The van der Waals surface area contributed by atoms with E-state index in [1.807, 2.05) is 6.07 Å². The van der Waals surface area contributed by atoms with Gasteiger partial charge in [-0.2, -0.15) is 5.26 Å². The summed E-state index contributed by atoms with van der Waals surface area (Å²) < 4.78 is 0.641. The Hall–Kier alpha value is -1.34. The molecule has 1 aromatic rings. The Morgan fingerprint density at radius 3 is 2.79 bits per heavy atom. The van der Waals surface area contributed by atoms with Crippen molar-refractivity contribution in [1.29, 1.82) is 5.26 Å². The molecule has 0 amide bonds. The van der Waals surface area contributed by atoms with Crippen molar-refractivity contribution in [3.05, 3.63) is 33.3 Å². The zero-order chi connectivity index (χ0) is 10.7. The van der Waals surface area contributed by atoms with Crippen molar-refractivity contribution in [1.82, 2.24) is 0 Å². The van der Waals surface area contributed by atoms with Gasteiger partial charge in [-0.25, -0.2) is 0 Å². The molecule has 1 N–H and O–H groups in total. The number of carbonyl (C=O) groups is 1. The van der Waals surface area contributed by atoms with E-state index in [0.29, 0.717) is 10.0 Å². The fraction of sp³-hybridized carbons (Fsp3) is 0.200. The molecule has 0 heterocycles. The minimum atomic E-state index is -0.871. The molecule has 0 radical (unpaired) electrons. The molecule has 4 heteroatoms. The van der Waals surface area contributed by atoms with E-state index in [-0.39, 0.29) is 6.42 Å². The van der Waals surface area contributed by atoms with Crippen LogP contribution in [0.4, 0.5) is 0 Å². The number of hydrogen-bond acceptors (Lipinski definition) is 2. The molecule has 1 aromatic carbocycles. The van der Waals surface area contributed by atoms with Crippen LogP contribution in [-0.4, -0.2) is 11.1 Å². The summed E-state index contributed by atoms with van der Waals surface area (Å²) in [6.07, 6.45) is -0.0177. The van der Waals surface area contributed by atoms with E-state index in [1.165, 1.54) is 0 Å². The van der Waals surface area contributed by atoms with Gasteiger partial charge in [0.25, 0.3) is 0 Å². The normalized spacial score (nSPS) is 9.50. The summed E-state index contributed by atoms with van der Waals surface area (Å²) in [4.78, 5) is 10.5. The lowest BCUT2D eigenvalue weighted by Gasteiger charge is -2.04. The molecule has 14 heavy (non-hydrogen) atoms. The third-order valence-electron chi connectivity index (χ3n) is 1.89. The highest BCUT2D eigenvalue weighted by Gasteiger charge is 2.08. The van der Waals surface area contributed by atoms with Crippen LogP contribution in [0.25, 0.3) is 0 Å². The summed E-state index contributed by atoms with van der Waals surface area (Å²) in [5.74, 6) is -0.871. The number of aliphatic carboxylic acids is 1. The molecule has 0 spiro atoms. The van der Waals surface area contributed by atoms with E-state index in [9.17, 15) is 4.79 Å². The summed E-state index contributed by atoms with van der Waals surface area (Å²) in [6, 6.07) is 5.39. The molecule has 0 saturated heterocycles. The van der Waals surface area contributed by atoms with Crippen molar-refractivity contribution < 1.29 is 9.90 Å². The first-order chi connectivity index (χ1) is 6.54. The van der Waals surface area contributed by atoms with E-state index < -0.39 is 5.97 Å². The molecule has 0 aliphatic rings. The van der Waals surface area contributed by atoms with Gasteiger partial charge in [0.1, 0.15) is 6.07 Å².